The van der Waals surface area contributed by atoms with Gasteiger partial charge < -0.3 is 14.8 Å². The Bertz CT molecular complexity index is 502. The van der Waals surface area contributed by atoms with Crippen LogP contribution in [-0.4, -0.2) is 31.7 Å². The number of fused-ring (bicyclic) bond motifs is 1. The highest BCUT2D eigenvalue weighted by Gasteiger charge is 2.22. The second-order valence-electron chi connectivity index (χ2n) is 3.85. The highest BCUT2D eigenvalue weighted by molar-refractivity contribution is 5.88. The number of nitrogens with zero attached hydrogens (tertiary/aromatic N) is 2. The summed E-state index contributed by atoms with van der Waals surface area (Å²) in [5, 5.41) is 17.6. The lowest BCUT2D eigenvalue weighted by atomic mass is 10.1. The van der Waals surface area contributed by atoms with Crippen molar-refractivity contribution < 1.29 is 19.8 Å². The molecule has 0 saturated carbocycles. The lowest BCUT2D eigenvalue weighted by Crippen LogP contribution is -2.13. The van der Waals surface area contributed by atoms with Crippen LogP contribution in [0, 0.1) is 0 Å². The van der Waals surface area contributed by atoms with Crippen molar-refractivity contribution in [3.8, 4) is 0 Å². The Morgan fingerprint density at radius 1 is 1.29 bits per heavy atom. The van der Waals surface area contributed by atoms with Gasteiger partial charge in [0.15, 0.2) is 5.69 Å². The summed E-state index contributed by atoms with van der Waals surface area (Å²) in [5.41, 5.74) is 0.725. The van der Waals surface area contributed by atoms with Crippen LogP contribution in [0.1, 0.15) is 34.8 Å². The van der Waals surface area contributed by atoms with Crippen molar-refractivity contribution >= 4 is 18.0 Å². The summed E-state index contributed by atoms with van der Waals surface area (Å²) >= 11 is 0. The molecule has 1 aromatic rings. The van der Waals surface area contributed by atoms with E-state index in [0.29, 0.717) is 24.5 Å². The average molecular weight is 236 g/mol. The molecule has 0 aromatic carbocycles. The van der Waals surface area contributed by atoms with Crippen LogP contribution in [-0.2, 0) is 17.8 Å². The van der Waals surface area contributed by atoms with Gasteiger partial charge in [0.25, 0.3) is 0 Å². The van der Waals surface area contributed by atoms with Gasteiger partial charge in [-0.2, -0.15) is 0 Å². The third-order valence-corrected chi connectivity index (χ3v) is 2.72. The Morgan fingerprint density at radius 3 is 2.71 bits per heavy atom. The van der Waals surface area contributed by atoms with Crippen molar-refractivity contribution in [2.24, 2.45) is 0 Å². The number of aliphatic carboxylic acids is 1. The number of carboxylic acids is 2. The minimum Gasteiger partial charge on any atom is -0.478 e. The largest absolute Gasteiger partial charge is 0.478 e. The molecule has 0 radical (unpaired) electrons. The molecule has 6 heteroatoms. The highest BCUT2D eigenvalue weighted by Crippen LogP contribution is 2.21. The lowest BCUT2D eigenvalue weighted by molar-refractivity contribution is -0.131. The van der Waals surface area contributed by atoms with Crippen LogP contribution in [0.25, 0.3) is 6.08 Å². The average Bonchev–Trinajstić information content (AvgIpc) is 2.65. The van der Waals surface area contributed by atoms with Gasteiger partial charge >= 0.3 is 11.9 Å². The summed E-state index contributed by atoms with van der Waals surface area (Å²) in [6.45, 7) is 0.689. The maximum absolute atomic E-state index is 11.0. The van der Waals surface area contributed by atoms with Gasteiger partial charge in [-0.3, -0.25) is 0 Å². The van der Waals surface area contributed by atoms with E-state index in [1.807, 2.05) is 0 Å². The molecule has 90 valence electrons. The van der Waals surface area contributed by atoms with Crippen molar-refractivity contribution in [2.75, 3.05) is 0 Å². The molecule has 1 aliphatic rings. The fraction of sp³-hybridized carbons (Fsp3) is 0.364. The molecule has 0 amide bonds. The van der Waals surface area contributed by atoms with Gasteiger partial charge in [0.05, 0.1) is 5.69 Å². The molecule has 0 fully saturated rings. The number of imidazole rings is 1. The summed E-state index contributed by atoms with van der Waals surface area (Å²) in [7, 11) is 0. The molecule has 0 spiro atoms. The first-order chi connectivity index (χ1) is 8.09. The molecule has 6 nitrogen and oxygen atoms in total. The molecule has 0 aliphatic carbocycles. The van der Waals surface area contributed by atoms with E-state index < -0.39 is 11.9 Å². The van der Waals surface area contributed by atoms with Crippen LogP contribution in [0.2, 0.25) is 0 Å². The molecule has 0 unspecified atom stereocenters. The molecule has 2 rings (SSSR count). The molecule has 1 aromatic heterocycles. The maximum Gasteiger partial charge on any atom is 0.356 e. The summed E-state index contributed by atoms with van der Waals surface area (Å²) in [6.07, 6.45) is 4.87. The first-order valence-electron chi connectivity index (χ1n) is 5.33. The van der Waals surface area contributed by atoms with Crippen LogP contribution in [0.4, 0.5) is 0 Å². The summed E-state index contributed by atoms with van der Waals surface area (Å²) in [6, 6.07) is 0. The van der Waals surface area contributed by atoms with Gasteiger partial charge in [-0.25, -0.2) is 14.6 Å². The van der Waals surface area contributed by atoms with E-state index in [1.54, 1.807) is 4.57 Å². The predicted octanol–water partition coefficient (Wildman–Crippen LogP) is 1.02. The van der Waals surface area contributed by atoms with E-state index in [9.17, 15) is 9.59 Å². The minimum absolute atomic E-state index is 0.0368. The Kier molecular flexibility index (Phi) is 2.95. The minimum atomic E-state index is -1.07. The number of carbonyl (C=O) groups is 2. The number of hydrogen-bond donors (Lipinski definition) is 2. The van der Waals surface area contributed by atoms with E-state index >= 15 is 0 Å². The Morgan fingerprint density at radius 2 is 2.06 bits per heavy atom. The Balaban J connectivity index is 2.46. The van der Waals surface area contributed by atoms with Gasteiger partial charge in [0.1, 0.15) is 5.82 Å². The molecule has 1 aliphatic heterocycles. The van der Waals surface area contributed by atoms with Crippen molar-refractivity contribution in [3.05, 3.63) is 23.3 Å². The molecule has 0 saturated heterocycles. The van der Waals surface area contributed by atoms with E-state index in [1.165, 1.54) is 6.08 Å². The van der Waals surface area contributed by atoms with Gasteiger partial charge in [0, 0.05) is 12.6 Å². The summed E-state index contributed by atoms with van der Waals surface area (Å²) < 4.78 is 1.78. The van der Waals surface area contributed by atoms with Crippen molar-refractivity contribution in [2.45, 2.75) is 25.8 Å². The molecular formula is C11H12N2O4. The predicted molar refractivity (Wildman–Crippen MR) is 58.8 cm³/mol. The first-order valence-corrected chi connectivity index (χ1v) is 5.33. The van der Waals surface area contributed by atoms with Gasteiger partial charge in [-0.1, -0.05) is 0 Å². The quantitative estimate of drug-likeness (QED) is 0.764. The fourth-order valence-electron chi connectivity index (χ4n) is 2.02. The van der Waals surface area contributed by atoms with Crippen LogP contribution < -0.4 is 0 Å². The molecule has 17 heavy (non-hydrogen) atoms. The topological polar surface area (TPSA) is 92.4 Å². The van der Waals surface area contributed by atoms with Crippen molar-refractivity contribution in [1.29, 1.82) is 0 Å². The number of rotatable bonds is 3. The third-order valence-electron chi connectivity index (χ3n) is 2.72. The Labute approximate surface area is 97.2 Å². The van der Waals surface area contributed by atoms with Gasteiger partial charge in [-0.05, 0) is 25.3 Å². The molecule has 0 bridgehead atoms. The van der Waals surface area contributed by atoms with E-state index in [4.69, 9.17) is 10.2 Å². The fourth-order valence-corrected chi connectivity index (χ4v) is 2.02. The van der Waals surface area contributed by atoms with Crippen LogP contribution in [0.3, 0.4) is 0 Å². The summed E-state index contributed by atoms with van der Waals surface area (Å²) in [5.74, 6) is -1.74. The number of aromatic nitrogens is 2. The Hall–Kier alpha value is -2.11. The standard InChI is InChI=1S/C11H12N2O4/c14-9(15)5-4-8-12-10(11(16)17)7-3-1-2-6-13(7)8/h4-5H,1-3,6H2,(H,14,15)(H,16,17)/b5-4+. The van der Waals surface area contributed by atoms with Gasteiger partial charge in [0.2, 0.25) is 0 Å². The van der Waals surface area contributed by atoms with E-state index in [2.05, 4.69) is 4.98 Å². The number of carboxylic acid groups (broad SMARTS) is 2. The van der Waals surface area contributed by atoms with Crippen LogP contribution in [0.5, 0.6) is 0 Å². The molecule has 2 N–H and O–H groups in total. The zero-order chi connectivity index (χ0) is 12.4. The third kappa shape index (κ3) is 2.20. The highest BCUT2D eigenvalue weighted by atomic mass is 16.4. The number of hydrogen-bond acceptors (Lipinski definition) is 3. The van der Waals surface area contributed by atoms with Crippen molar-refractivity contribution in [1.82, 2.24) is 9.55 Å². The zero-order valence-corrected chi connectivity index (χ0v) is 9.09. The van der Waals surface area contributed by atoms with E-state index in [-0.39, 0.29) is 5.69 Å². The molecule has 0 atom stereocenters. The second-order valence-corrected chi connectivity index (χ2v) is 3.85. The maximum atomic E-state index is 11.0. The molecule has 2 heterocycles. The van der Waals surface area contributed by atoms with Gasteiger partial charge in [-0.15, -0.1) is 0 Å². The monoisotopic (exact) mass is 236 g/mol. The lowest BCUT2D eigenvalue weighted by Gasteiger charge is -2.15. The smallest absolute Gasteiger partial charge is 0.356 e. The number of aromatic carboxylic acids is 1. The first kappa shape index (κ1) is 11.4. The second kappa shape index (κ2) is 4.40. The van der Waals surface area contributed by atoms with Crippen LogP contribution >= 0.6 is 0 Å². The summed E-state index contributed by atoms with van der Waals surface area (Å²) in [4.78, 5) is 25.4. The zero-order valence-electron chi connectivity index (χ0n) is 9.09. The normalized spacial score (nSPS) is 14.8. The van der Waals surface area contributed by atoms with E-state index in [0.717, 1.165) is 18.9 Å². The van der Waals surface area contributed by atoms with Crippen LogP contribution in [0.15, 0.2) is 6.08 Å². The SMILES string of the molecule is O=C(O)/C=C/c1nc(C(=O)O)c2n1CCCC2. The van der Waals surface area contributed by atoms with Crippen molar-refractivity contribution in [3.63, 3.8) is 0 Å². The molecular weight excluding hydrogens is 224 g/mol.